The van der Waals surface area contributed by atoms with Gasteiger partial charge >= 0.3 is 0 Å². The van der Waals surface area contributed by atoms with Gasteiger partial charge in [0.1, 0.15) is 0 Å². The minimum Gasteiger partial charge on any atom is -0.379 e. The molecule has 0 spiro atoms. The summed E-state index contributed by atoms with van der Waals surface area (Å²) in [5.41, 5.74) is 2.16. The van der Waals surface area contributed by atoms with Crippen LogP contribution in [-0.4, -0.2) is 44.9 Å². The molecule has 6 nitrogen and oxygen atoms in total. The van der Waals surface area contributed by atoms with Crippen LogP contribution in [0, 0.1) is 0 Å². The predicted octanol–water partition coefficient (Wildman–Crippen LogP) is 3.08. The Bertz CT molecular complexity index is 902. The lowest BCUT2D eigenvalue weighted by Crippen LogP contribution is -2.40. The SMILES string of the molecule is CC(C)c1ccc(NC(=O)c2cccc(S(=O)(=O)N3CCOCC3)c2)cc1. The smallest absolute Gasteiger partial charge is 0.255 e. The lowest BCUT2D eigenvalue weighted by atomic mass is 10.0. The fourth-order valence-electron chi connectivity index (χ4n) is 2.89. The number of sulfonamides is 1. The Morgan fingerprint density at radius 1 is 1.07 bits per heavy atom. The molecule has 1 fully saturated rings. The van der Waals surface area contributed by atoms with Gasteiger partial charge in [0.05, 0.1) is 18.1 Å². The Hall–Kier alpha value is -2.22. The number of ether oxygens (including phenoxy) is 1. The standard InChI is InChI=1S/C20H24N2O4S/c1-15(2)16-6-8-18(9-7-16)21-20(23)17-4-3-5-19(14-17)27(24,25)22-10-12-26-13-11-22/h3-9,14-15H,10-13H2,1-2H3,(H,21,23). The summed E-state index contributed by atoms with van der Waals surface area (Å²) in [6, 6.07) is 13.8. The molecule has 0 saturated carbocycles. The number of nitrogens with zero attached hydrogens (tertiary/aromatic N) is 1. The summed E-state index contributed by atoms with van der Waals surface area (Å²) in [7, 11) is -3.63. The van der Waals surface area contributed by atoms with Crippen LogP contribution in [0.1, 0.15) is 35.7 Å². The average Bonchev–Trinajstić information content (AvgIpc) is 2.69. The summed E-state index contributed by atoms with van der Waals surface area (Å²) >= 11 is 0. The van der Waals surface area contributed by atoms with Crippen molar-refractivity contribution in [2.45, 2.75) is 24.7 Å². The third kappa shape index (κ3) is 4.55. The van der Waals surface area contributed by atoms with Gasteiger partial charge in [-0.2, -0.15) is 4.31 Å². The van der Waals surface area contributed by atoms with E-state index in [0.717, 1.165) is 0 Å². The van der Waals surface area contributed by atoms with E-state index in [-0.39, 0.29) is 10.8 Å². The van der Waals surface area contributed by atoms with E-state index in [4.69, 9.17) is 4.74 Å². The first kappa shape index (κ1) is 19.5. The Morgan fingerprint density at radius 3 is 2.37 bits per heavy atom. The van der Waals surface area contributed by atoms with Crippen molar-refractivity contribution >= 4 is 21.6 Å². The van der Waals surface area contributed by atoms with Gasteiger partial charge in [0, 0.05) is 24.3 Å². The van der Waals surface area contributed by atoms with Crippen molar-refractivity contribution in [1.29, 1.82) is 0 Å². The zero-order valence-corrected chi connectivity index (χ0v) is 16.3. The molecular formula is C20H24N2O4S. The van der Waals surface area contributed by atoms with E-state index in [1.54, 1.807) is 12.1 Å². The predicted molar refractivity (Wildman–Crippen MR) is 105 cm³/mol. The van der Waals surface area contributed by atoms with Crippen LogP contribution >= 0.6 is 0 Å². The second kappa shape index (κ2) is 8.21. The van der Waals surface area contributed by atoms with Gasteiger partial charge in [0.25, 0.3) is 5.91 Å². The quantitative estimate of drug-likeness (QED) is 0.854. The number of morpholine rings is 1. The maximum absolute atomic E-state index is 12.8. The van der Waals surface area contributed by atoms with Crippen LogP contribution < -0.4 is 5.32 Å². The lowest BCUT2D eigenvalue weighted by Gasteiger charge is -2.26. The molecule has 3 rings (SSSR count). The summed E-state index contributed by atoms with van der Waals surface area (Å²) in [6.45, 7) is 5.61. The first-order valence-corrected chi connectivity index (χ1v) is 10.4. The van der Waals surface area contributed by atoms with Crippen LogP contribution in [0.15, 0.2) is 53.4 Å². The van der Waals surface area contributed by atoms with Crippen LogP contribution in [0.3, 0.4) is 0 Å². The summed E-state index contributed by atoms with van der Waals surface area (Å²) in [5, 5.41) is 2.82. The molecule has 0 aromatic heterocycles. The number of hydrogen-bond acceptors (Lipinski definition) is 4. The average molecular weight is 388 g/mol. The van der Waals surface area contributed by atoms with Crippen LogP contribution in [0.5, 0.6) is 0 Å². The molecule has 1 aliphatic rings. The molecule has 0 atom stereocenters. The van der Waals surface area contributed by atoms with Crippen molar-refractivity contribution in [3.05, 3.63) is 59.7 Å². The molecule has 1 amide bonds. The van der Waals surface area contributed by atoms with Gasteiger partial charge in [-0.25, -0.2) is 8.42 Å². The van der Waals surface area contributed by atoms with Crippen LogP contribution in [-0.2, 0) is 14.8 Å². The zero-order chi connectivity index (χ0) is 19.4. The lowest BCUT2D eigenvalue weighted by molar-refractivity contribution is 0.0730. The van der Waals surface area contributed by atoms with Gasteiger partial charge in [-0.1, -0.05) is 32.0 Å². The van der Waals surface area contributed by atoms with Crippen LogP contribution in [0.2, 0.25) is 0 Å². The first-order chi connectivity index (χ1) is 12.9. The zero-order valence-electron chi connectivity index (χ0n) is 15.5. The van der Waals surface area contributed by atoms with E-state index >= 15 is 0 Å². The molecule has 0 bridgehead atoms. The van der Waals surface area contributed by atoms with Gasteiger partial charge in [-0.3, -0.25) is 4.79 Å². The molecule has 2 aromatic carbocycles. The third-order valence-corrected chi connectivity index (χ3v) is 6.43. The van der Waals surface area contributed by atoms with Gasteiger partial charge in [-0.05, 0) is 41.8 Å². The molecule has 2 aromatic rings. The molecule has 1 N–H and O–H groups in total. The van der Waals surface area contributed by atoms with Gasteiger partial charge < -0.3 is 10.1 Å². The summed E-state index contributed by atoms with van der Waals surface area (Å²) in [4.78, 5) is 12.7. The molecule has 0 unspecified atom stereocenters. The van der Waals surface area contributed by atoms with Gasteiger partial charge in [-0.15, -0.1) is 0 Å². The van der Waals surface area contributed by atoms with E-state index in [2.05, 4.69) is 19.2 Å². The maximum Gasteiger partial charge on any atom is 0.255 e. The Labute approximate surface area is 160 Å². The van der Waals surface area contributed by atoms with Crippen molar-refractivity contribution in [3.63, 3.8) is 0 Å². The maximum atomic E-state index is 12.8. The molecule has 1 saturated heterocycles. The first-order valence-electron chi connectivity index (χ1n) is 8.97. The Kier molecular flexibility index (Phi) is 5.94. The largest absolute Gasteiger partial charge is 0.379 e. The van der Waals surface area contributed by atoms with Crippen LogP contribution in [0.25, 0.3) is 0 Å². The topological polar surface area (TPSA) is 75.7 Å². The Morgan fingerprint density at radius 2 is 1.74 bits per heavy atom. The minimum absolute atomic E-state index is 0.118. The highest BCUT2D eigenvalue weighted by atomic mass is 32.2. The number of hydrogen-bond donors (Lipinski definition) is 1. The third-order valence-electron chi connectivity index (χ3n) is 4.54. The molecular weight excluding hydrogens is 364 g/mol. The van der Waals surface area contributed by atoms with E-state index in [1.165, 1.54) is 22.0 Å². The number of nitrogens with one attached hydrogen (secondary N) is 1. The molecule has 144 valence electrons. The van der Waals surface area contributed by atoms with E-state index in [9.17, 15) is 13.2 Å². The monoisotopic (exact) mass is 388 g/mol. The fourth-order valence-corrected chi connectivity index (χ4v) is 4.34. The number of benzene rings is 2. The summed E-state index contributed by atoms with van der Waals surface area (Å²) < 4.78 is 32.1. The van der Waals surface area contributed by atoms with Crippen molar-refractivity contribution in [3.8, 4) is 0 Å². The van der Waals surface area contributed by atoms with Crippen molar-refractivity contribution in [1.82, 2.24) is 4.31 Å². The summed E-state index contributed by atoms with van der Waals surface area (Å²) in [6.07, 6.45) is 0. The van der Waals surface area contributed by atoms with Crippen molar-refractivity contribution < 1.29 is 17.9 Å². The van der Waals surface area contributed by atoms with E-state index in [0.29, 0.717) is 43.5 Å². The van der Waals surface area contributed by atoms with Crippen LogP contribution in [0.4, 0.5) is 5.69 Å². The van der Waals surface area contributed by atoms with E-state index in [1.807, 2.05) is 24.3 Å². The molecule has 1 heterocycles. The van der Waals surface area contributed by atoms with E-state index < -0.39 is 10.0 Å². The normalized spacial score (nSPS) is 15.7. The van der Waals surface area contributed by atoms with Gasteiger partial charge in [0.15, 0.2) is 0 Å². The minimum atomic E-state index is -3.63. The number of anilines is 1. The van der Waals surface area contributed by atoms with Gasteiger partial charge in [0.2, 0.25) is 10.0 Å². The second-order valence-electron chi connectivity index (χ2n) is 6.78. The number of carbonyl (C=O) groups excluding carboxylic acids is 1. The Balaban J connectivity index is 1.77. The molecule has 0 aliphatic carbocycles. The molecule has 0 radical (unpaired) electrons. The summed E-state index contributed by atoms with van der Waals surface area (Å²) in [5.74, 6) is 0.0724. The highest BCUT2D eigenvalue weighted by Gasteiger charge is 2.26. The van der Waals surface area contributed by atoms with Crippen molar-refractivity contribution in [2.75, 3.05) is 31.6 Å². The molecule has 1 aliphatic heterocycles. The second-order valence-corrected chi connectivity index (χ2v) is 8.71. The number of amides is 1. The number of rotatable bonds is 5. The molecule has 7 heteroatoms. The highest BCUT2D eigenvalue weighted by molar-refractivity contribution is 7.89. The highest BCUT2D eigenvalue weighted by Crippen LogP contribution is 2.20. The fraction of sp³-hybridized carbons (Fsp3) is 0.350. The number of carbonyl (C=O) groups is 1. The van der Waals surface area contributed by atoms with Crippen molar-refractivity contribution in [2.24, 2.45) is 0 Å². The molecule has 27 heavy (non-hydrogen) atoms.